The topological polar surface area (TPSA) is 58.9 Å². The Morgan fingerprint density at radius 1 is 1.24 bits per heavy atom. The Morgan fingerprint density at radius 3 is 2.76 bits per heavy atom. The third-order valence-electron chi connectivity index (χ3n) is 2.76. The molecule has 2 aromatic heterocycles. The number of nitrogens with zero attached hydrogens (tertiary/aromatic N) is 4. The molecule has 0 amide bonds. The molecule has 7 heteroatoms. The summed E-state index contributed by atoms with van der Waals surface area (Å²) in [5, 5.41) is 11.3. The number of halogens is 1. The first-order valence-electron chi connectivity index (χ1n) is 6.12. The molecule has 0 aliphatic carbocycles. The number of rotatable bonds is 3. The van der Waals surface area contributed by atoms with Crippen molar-refractivity contribution in [1.82, 2.24) is 19.9 Å². The van der Waals surface area contributed by atoms with Crippen molar-refractivity contribution in [3.63, 3.8) is 0 Å². The molecule has 3 aromatic rings. The van der Waals surface area contributed by atoms with Gasteiger partial charge in [0.05, 0.1) is 6.21 Å². The molecule has 0 aliphatic heterocycles. The van der Waals surface area contributed by atoms with Crippen molar-refractivity contribution in [2.24, 2.45) is 5.10 Å². The minimum absolute atomic E-state index is 0.433. The number of benzene rings is 1. The van der Waals surface area contributed by atoms with Gasteiger partial charge < -0.3 is 0 Å². The average molecular weight is 360 g/mol. The van der Waals surface area contributed by atoms with E-state index in [2.05, 4.69) is 36.2 Å². The minimum atomic E-state index is 0.433. The van der Waals surface area contributed by atoms with E-state index in [0.29, 0.717) is 10.6 Å². The molecule has 0 radical (unpaired) electrons. The lowest BCUT2D eigenvalue weighted by molar-refractivity contribution is 0.871. The summed E-state index contributed by atoms with van der Waals surface area (Å²) in [5.74, 6) is 0.626. The summed E-state index contributed by atoms with van der Waals surface area (Å²) in [6.45, 7) is 0. The molecule has 0 atom stereocenters. The van der Waals surface area contributed by atoms with Gasteiger partial charge in [-0.15, -0.1) is 0 Å². The van der Waals surface area contributed by atoms with Crippen molar-refractivity contribution in [2.45, 2.75) is 0 Å². The Labute approximate surface area is 134 Å². The Morgan fingerprint density at radius 2 is 2.05 bits per heavy atom. The van der Waals surface area contributed by atoms with E-state index in [0.717, 1.165) is 15.6 Å². The SMILES string of the molecule is S=c1[nH]nc(-c2cccnc2)n1/N=C/c1ccc(Br)cc1. The predicted molar refractivity (Wildman–Crippen MR) is 87.8 cm³/mol. The van der Waals surface area contributed by atoms with Gasteiger partial charge in [-0.05, 0) is 42.0 Å². The maximum Gasteiger partial charge on any atom is 0.216 e. The summed E-state index contributed by atoms with van der Waals surface area (Å²) >= 11 is 8.61. The number of aromatic amines is 1. The zero-order valence-corrected chi connectivity index (χ0v) is 13.2. The fourth-order valence-corrected chi connectivity index (χ4v) is 2.20. The van der Waals surface area contributed by atoms with Gasteiger partial charge in [0.1, 0.15) is 0 Å². The highest BCUT2D eigenvalue weighted by molar-refractivity contribution is 9.10. The number of aromatic nitrogens is 4. The molecule has 21 heavy (non-hydrogen) atoms. The van der Waals surface area contributed by atoms with Crippen molar-refractivity contribution in [2.75, 3.05) is 0 Å². The van der Waals surface area contributed by atoms with Gasteiger partial charge in [0.25, 0.3) is 0 Å². The lowest BCUT2D eigenvalue weighted by Crippen LogP contribution is -1.95. The molecule has 2 heterocycles. The van der Waals surface area contributed by atoms with Gasteiger partial charge >= 0.3 is 0 Å². The van der Waals surface area contributed by atoms with Crippen LogP contribution in [-0.4, -0.2) is 26.1 Å². The molecular formula is C14H10BrN5S. The minimum Gasteiger partial charge on any atom is -0.264 e. The molecular weight excluding hydrogens is 350 g/mol. The van der Waals surface area contributed by atoms with E-state index in [1.54, 1.807) is 23.3 Å². The van der Waals surface area contributed by atoms with Gasteiger partial charge in [0, 0.05) is 22.4 Å². The van der Waals surface area contributed by atoms with Crippen LogP contribution in [0.4, 0.5) is 0 Å². The predicted octanol–water partition coefficient (Wildman–Crippen LogP) is 3.65. The third-order valence-corrected chi connectivity index (χ3v) is 3.56. The molecule has 0 fully saturated rings. The maximum atomic E-state index is 5.21. The van der Waals surface area contributed by atoms with Crippen LogP contribution in [0.25, 0.3) is 11.4 Å². The molecule has 0 aliphatic rings. The van der Waals surface area contributed by atoms with Crippen LogP contribution < -0.4 is 0 Å². The zero-order chi connectivity index (χ0) is 14.7. The molecule has 1 aromatic carbocycles. The second-order valence-corrected chi connectivity index (χ2v) is 5.50. The highest BCUT2D eigenvalue weighted by Crippen LogP contribution is 2.15. The quantitative estimate of drug-likeness (QED) is 0.573. The number of pyridine rings is 1. The monoisotopic (exact) mass is 359 g/mol. The van der Waals surface area contributed by atoms with Crippen LogP contribution >= 0.6 is 28.1 Å². The Balaban J connectivity index is 1.98. The van der Waals surface area contributed by atoms with Gasteiger partial charge in [-0.1, -0.05) is 28.1 Å². The van der Waals surface area contributed by atoms with Crippen LogP contribution in [0.1, 0.15) is 5.56 Å². The van der Waals surface area contributed by atoms with E-state index < -0.39 is 0 Å². The summed E-state index contributed by atoms with van der Waals surface area (Å²) in [4.78, 5) is 4.08. The van der Waals surface area contributed by atoms with Crippen molar-refractivity contribution in [1.29, 1.82) is 0 Å². The average Bonchev–Trinajstić information content (AvgIpc) is 2.89. The molecule has 1 N–H and O–H groups in total. The van der Waals surface area contributed by atoms with Crippen molar-refractivity contribution < 1.29 is 0 Å². The first-order valence-corrected chi connectivity index (χ1v) is 7.32. The summed E-state index contributed by atoms with van der Waals surface area (Å²) < 4.78 is 3.03. The van der Waals surface area contributed by atoms with Crippen LogP contribution in [-0.2, 0) is 0 Å². The molecule has 5 nitrogen and oxygen atoms in total. The Hall–Kier alpha value is -2.12. The van der Waals surface area contributed by atoms with Gasteiger partial charge in [-0.2, -0.15) is 14.9 Å². The molecule has 0 unspecified atom stereocenters. The van der Waals surface area contributed by atoms with Gasteiger partial charge in [-0.25, -0.2) is 5.10 Å². The largest absolute Gasteiger partial charge is 0.264 e. The van der Waals surface area contributed by atoms with Gasteiger partial charge in [0.15, 0.2) is 5.82 Å². The number of H-pyrrole nitrogens is 1. The lowest BCUT2D eigenvalue weighted by atomic mass is 10.2. The van der Waals surface area contributed by atoms with E-state index in [4.69, 9.17) is 12.2 Å². The fourth-order valence-electron chi connectivity index (χ4n) is 1.75. The maximum absolute atomic E-state index is 5.21. The lowest BCUT2D eigenvalue weighted by Gasteiger charge is -2.00. The first kappa shape index (κ1) is 13.8. The number of hydrogen-bond donors (Lipinski definition) is 1. The summed E-state index contributed by atoms with van der Waals surface area (Å²) in [6, 6.07) is 11.6. The van der Waals surface area contributed by atoms with Crippen LogP contribution in [0.3, 0.4) is 0 Å². The highest BCUT2D eigenvalue weighted by atomic mass is 79.9. The zero-order valence-electron chi connectivity index (χ0n) is 10.8. The van der Waals surface area contributed by atoms with Crippen LogP contribution in [0.5, 0.6) is 0 Å². The molecule has 0 saturated carbocycles. The number of hydrogen-bond acceptors (Lipinski definition) is 4. The smallest absolute Gasteiger partial charge is 0.216 e. The standard InChI is InChI=1S/C14H10BrN5S/c15-12-5-3-10(4-6-12)8-17-20-13(18-19-14(20)21)11-2-1-7-16-9-11/h1-9H,(H,19,21)/b17-8+. The van der Waals surface area contributed by atoms with Gasteiger partial charge in [0.2, 0.25) is 4.77 Å². The molecule has 3 rings (SSSR count). The van der Waals surface area contributed by atoms with E-state index >= 15 is 0 Å². The highest BCUT2D eigenvalue weighted by Gasteiger charge is 2.07. The van der Waals surface area contributed by atoms with E-state index in [1.165, 1.54) is 0 Å². The Bertz CT molecular complexity index is 821. The molecule has 104 valence electrons. The second-order valence-electron chi connectivity index (χ2n) is 4.20. The second kappa shape index (κ2) is 6.11. The molecule has 0 bridgehead atoms. The fraction of sp³-hybridized carbons (Fsp3) is 0. The van der Waals surface area contributed by atoms with Crippen molar-refractivity contribution in [3.8, 4) is 11.4 Å². The molecule has 0 spiro atoms. The third kappa shape index (κ3) is 3.14. The van der Waals surface area contributed by atoms with Crippen molar-refractivity contribution in [3.05, 3.63) is 63.6 Å². The van der Waals surface area contributed by atoms with E-state index in [1.807, 2.05) is 36.4 Å². The van der Waals surface area contributed by atoms with E-state index in [9.17, 15) is 0 Å². The van der Waals surface area contributed by atoms with Gasteiger partial charge in [-0.3, -0.25) is 4.98 Å². The van der Waals surface area contributed by atoms with Crippen LogP contribution in [0.15, 0.2) is 58.4 Å². The number of nitrogens with one attached hydrogen (secondary N) is 1. The van der Waals surface area contributed by atoms with Crippen LogP contribution in [0.2, 0.25) is 0 Å². The summed E-state index contributed by atoms with van der Waals surface area (Å²) in [7, 11) is 0. The summed E-state index contributed by atoms with van der Waals surface area (Å²) in [6.07, 6.45) is 5.16. The molecule has 0 saturated heterocycles. The Kier molecular flexibility index (Phi) is 4.03. The van der Waals surface area contributed by atoms with Crippen molar-refractivity contribution >= 4 is 34.4 Å². The van der Waals surface area contributed by atoms with Crippen LogP contribution in [0, 0.1) is 4.77 Å². The first-order chi connectivity index (χ1) is 10.2. The van der Waals surface area contributed by atoms with E-state index in [-0.39, 0.29) is 0 Å². The normalized spacial score (nSPS) is 11.1. The summed E-state index contributed by atoms with van der Waals surface area (Å²) in [5.41, 5.74) is 1.82.